The topological polar surface area (TPSA) is 20.2 Å². The van der Waals surface area contributed by atoms with Gasteiger partial charge >= 0.3 is 8.65 Å². The van der Waals surface area contributed by atoms with E-state index in [0.29, 0.717) is 0 Å². The smallest absolute Gasteiger partial charge is 0.402 e. The van der Waals surface area contributed by atoms with Gasteiger partial charge in [0.25, 0.3) is 0 Å². The van der Waals surface area contributed by atoms with Crippen molar-refractivity contribution in [3.05, 3.63) is 12.3 Å². The molecule has 0 saturated heterocycles. The lowest BCUT2D eigenvalue weighted by molar-refractivity contribution is 0.479. The molecular weight excluding hydrogens is 99.1 g/mol. The van der Waals surface area contributed by atoms with Crippen LogP contribution >= 0.6 is 0 Å². The fourth-order valence-corrected chi connectivity index (χ4v) is 0. The Hall–Kier alpha value is -0.153. The Morgan fingerprint density at radius 2 is 2.17 bits per heavy atom. The summed E-state index contributed by atoms with van der Waals surface area (Å²) < 4.78 is 11.7. The summed E-state index contributed by atoms with van der Waals surface area (Å²) in [5.41, 5.74) is 0.965. The summed E-state index contributed by atoms with van der Waals surface area (Å²) >= 11 is 0. The highest BCUT2D eigenvalue weighted by atomic mass is 28.4. The molecule has 0 aromatic heterocycles. The molecule has 0 aliphatic carbocycles. The van der Waals surface area contributed by atoms with E-state index in [1.54, 1.807) is 0 Å². The molecule has 0 bridgehead atoms. The summed E-state index contributed by atoms with van der Waals surface area (Å²) in [5.74, 6) is 0. The highest BCUT2D eigenvalue weighted by Gasteiger charge is 2.17. The van der Waals surface area contributed by atoms with Gasteiger partial charge in [-0.25, -0.2) is 0 Å². The molecule has 1 N–H and O–H groups in total. The Kier molecular flexibility index (Phi) is 1.49. The van der Waals surface area contributed by atoms with E-state index >= 15 is 0 Å². The zero-order valence-corrected chi connectivity index (χ0v) is 4.61. The lowest BCUT2D eigenvalue weighted by Gasteiger charge is -1.96. The van der Waals surface area contributed by atoms with Gasteiger partial charge in [0.05, 0.1) is 0 Å². The maximum atomic E-state index is 11.7. The predicted octanol–water partition coefficient (Wildman–Crippen LogP) is 0.745. The third-order valence-corrected chi connectivity index (χ3v) is 1.12. The molecule has 0 fully saturated rings. The van der Waals surface area contributed by atoms with E-state index in [1.165, 1.54) is 0 Å². The second kappa shape index (κ2) is 1.53. The first-order chi connectivity index (χ1) is 2.56. The normalized spacial score (nSPS) is 19.2. The summed E-state index contributed by atoms with van der Waals surface area (Å²) in [6.07, 6.45) is 0. The van der Waals surface area contributed by atoms with Crippen molar-refractivity contribution in [2.24, 2.45) is 0 Å². The highest BCUT2D eigenvalue weighted by Crippen LogP contribution is 1.95. The van der Waals surface area contributed by atoms with Crippen LogP contribution in [0, 0.1) is 0 Å². The first kappa shape index (κ1) is 5.85. The lowest BCUT2D eigenvalue weighted by atomic mass is 11.3. The summed E-state index contributed by atoms with van der Waals surface area (Å²) in [4.78, 5) is 8.18. The Morgan fingerprint density at radius 3 is 2.17 bits per heavy atom. The van der Waals surface area contributed by atoms with Crippen LogP contribution in [0.15, 0.2) is 12.3 Å². The second-order valence-corrected chi connectivity index (χ2v) is 3.68. The number of hydrogen-bond donors (Lipinski definition) is 1. The fourth-order valence-electron chi connectivity index (χ4n) is 0. The molecule has 0 radical (unpaired) electrons. The Balaban J connectivity index is 3.45. The molecule has 0 saturated carbocycles. The third-order valence-electron chi connectivity index (χ3n) is 0.373. The van der Waals surface area contributed by atoms with E-state index in [4.69, 9.17) is 4.80 Å². The summed E-state index contributed by atoms with van der Waals surface area (Å²) in [6, 6.07) is 0. The monoisotopic (exact) mass is 106 g/mol. The average Bonchev–Trinajstić information content (AvgIpc) is 1.35. The van der Waals surface area contributed by atoms with Crippen molar-refractivity contribution < 1.29 is 8.90 Å². The van der Waals surface area contributed by atoms with Crippen LogP contribution in [0.25, 0.3) is 0 Å². The SMILES string of the molecule is C=C[Si](C)(O)F. The lowest BCUT2D eigenvalue weighted by Crippen LogP contribution is -2.18. The van der Waals surface area contributed by atoms with Gasteiger partial charge in [-0.15, -0.1) is 6.58 Å². The second-order valence-electron chi connectivity index (χ2n) is 1.23. The van der Waals surface area contributed by atoms with Gasteiger partial charge in [0, 0.05) is 0 Å². The van der Waals surface area contributed by atoms with Crippen LogP contribution in [0.4, 0.5) is 4.11 Å². The first-order valence-electron chi connectivity index (χ1n) is 1.61. The average molecular weight is 106 g/mol. The molecule has 0 amide bonds. The van der Waals surface area contributed by atoms with Gasteiger partial charge in [-0.2, -0.15) is 0 Å². The minimum absolute atomic E-state index is 0.965. The number of hydrogen-bond acceptors (Lipinski definition) is 1. The van der Waals surface area contributed by atoms with Gasteiger partial charge in [0.1, 0.15) is 0 Å². The molecule has 0 aromatic rings. The highest BCUT2D eigenvalue weighted by molar-refractivity contribution is 6.69. The summed E-state index contributed by atoms with van der Waals surface area (Å²) in [5, 5.41) is 0. The van der Waals surface area contributed by atoms with Crippen molar-refractivity contribution >= 4 is 8.65 Å². The zero-order valence-electron chi connectivity index (χ0n) is 3.61. The van der Waals surface area contributed by atoms with Crippen molar-refractivity contribution in [3.8, 4) is 0 Å². The maximum Gasteiger partial charge on any atom is 0.402 e. The molecule has 0 aliphatic rings. The molecule has 6 heavy (non-hydrogen) atoms. The van der Waals surface area contributed by atoms with Gasteiger partial charge in [-0.05, 0) is 12.2 Å². The molecular formula is C3H7FOSi. The van der Waals surface area contributed by atoms with Crippen LogP contribution in [0.2, 0.25) is 6.55 Å². The van der Waals surface area contributed by atoms with Crippen LogP contribution in [-0.2, 0) is 0 Å². The quantitative estimate of drug-likeness (QED) is 0.386. The van der Waals surface area contributed by atoms with Crippen LogP contribution < -0.4 is 0 Å². The Bertz CT molecular complexity index is 56.3. The maximum absolute atomic E-state index is 11.7. The molecule has 1 unspecified atom stereocenters. The van der Waals surface area contributed by atoms with Gasteiger partial charge < -0.3 is 4.80 Å². The van der Waals surface area contributed by atoms with Gasteiger partial charge in [-0.1, -0.05) is 0 Å². The van der Waals surface area contributed by atoms with Crippen molar-refractivity contribution in [2.45, 2.75) is 6.55 Å². The molecule has 36 valence electrons. The van der Waals surface area contributed by atoms with Crippen LogP contribution in [-0.4, -0.2) is 13.4 Å². The molecule has 0 spiro atoms. The van der Waals surface area contributed by atoms with Crippen molar-refractivity contribution in [1.82, 2.24) is 0 Å². The van der Waals surface area contributed by atoms with Crippen LogP contribution in [0.3, 0.4) is 0 Å². The van der Waals surface area contributed by atoms with E-state index in [-0.39, 0.29) is 0 Å². The molecule has 0 aromatic carbocycles. The van der Waals surface area contributed by atoms with E-state index in [9.17, 15) is 4.11 Å². The predicted molar refractivity (Wildman–Crippen MR) is 25.1 cm³/mol. The van der Waals surface area contributed by atoms with Gasteiger partial charge in [0.15, 0.2) is 0 Å². The summed E-state index contributed by atoms with van der Waals surface area (Å²) in [7, 11) is -3.37. The van der Waals surface area contributed by atoms with Crippen molar-refractivity contribution in [3.63, 3.8) is 0 Å². The zero-order chi connectivity index (χ0) is 5.21. The minimum Gasteiger partial charge on any atom is -0.405 e. The van der Waals surface area contributed by atoms with E-state index in [0.717, 1.165) is 12.2 Å². The Morgan fingerprint density at radius 1 is 2.00 bits per heavy atom. The van der Waals surface area contributed by atoms with E-state index < -0.39 is 8.65 Å². The minimum atomic E-state index is -3.37. The standard InChI is InChI=1S/C3H7FOSi/c1-3-6(2,4)5/h3,5H,1H2,2H3. The van der Waals surface area contributed by atoms with E-state index in [1.807, 2.05) is 0 Å². The van der Waals surface area contributed by atoms with Crippen LogP contribution in [0.1, 0.15) is 0 Å². The molecule has 1 nitrogen and oxygen atoms in total. The third kappa shape index (κ3) is 3.85. The first-order valence-corrected chi connectivity index (χ1v) is 4.01. The van der Waals surface area contributed by atoms with Gasteiger partial charge in [-0.3, -0.25) is 4.11 Å². The molecule has 3 heteroatoms. The Labute approximate surface area is 37.4 Å². The molecule has 0 heterocycles. The molecule has 0 rings (SSSR count). The van der Waals surface area contributed by atoms with E-state index in [2.05, 4.69) is 6.58 Å². The number of halogens is 1. The van der Waals surface area contributed by atoms with Crippen LogP contribution in [0.5, 0.6) is 0 Å². The summed E-state index contributed by atoms with van der Waals surface area (Å²) in [6.45, 7) is 4.22. The molecule has 1 atom stereocenters. The van der Waals surface area contributed by atoms with Crippen molar-refractivity contribution in [1.29, 1.82) is 0 Å². The molecule has 0 aliphatic heterocycles. The largest absolute Gasteiger partial charge is 0.405 e. The fraction of sp³-hybridized carbons (Fsp3) is 0.333. The van der Waals surface area contributed by atoms with Gasteiger partial charge in [0.2, 0.25) is 0 Å². The van der Waals surface area contributed by atoms with Crippen molar-refractivity contribution in [2.75, 3.05) is 0 Å². The number of rotatable bonds is 1.